The van der Waals surface area contributed by atoms with Gasteiger partial charge in [-0.1, -0.05) is 57.4 Å². The zero-order valence-electron chi connectivity index (χ0n) is 20.3. The molecular formula is C29H42FNO2. The lowest BCUT2D eigenvalue weighted by Gasteiger charge is -2.35. The van der Waals surface area contributed by atoms with Crippen LogP contribution in [-0.2, 0) is 0 Å². The zero-order valence-corrected chi connectivity index (χ0v) is 20.3. The number of rotatable bonds is 10. The van der Waals surface area contributed by atoms with E-state index < -0.39 is 5.95 Å². The number of ether oxygens (including phenoxy) is 2. The van der Waals surface area contributed by atoms with E-state index in [2.05, 4.69) is 11.1 Å². The first-order valence-corrected chi connectivity index (χ1v) is 13.8. The fourth-order valence-electron chi connectivity index (χ4n) is 6.44. The van der Waals surface area contributed by atoms with E-state index >= 15 is 0 Å². The molecule has 182 valence electrons. The SMILES string of the molecule is Fc1nc(OCC2=CCC(C3CCC(CCC4CC4)CC3)CC2)ccc1OCC1CCCC1. The molecule has 0 N–H and O–H groups in total. The standard InChI is InChI=1S/C29H42FNO2/c30-29-27(32-19-23-3-1-2-4-23)17-18-28(31-29)33-20-24-11-15-26(16-12-24)25-13-9-22(10-14-25)8-7-21-5-6-21/h11,17-18,21-23,25-26H,1-10,12-16,19-20H2. The second kappa shape index (κ2) is 11.2. The summed E-state index contributed by atoms with van der Waals surface area (Å²) in [6.07, 6.45) is 22.7. The second-order valence-corrected chi connectivity index (χ2v) is 11.4. The van der Waals surface area contributed by atoms with Crippen molar-refractivity contribution in [1.82, 2.24) is 4.98 Å². The Morgan fingerprint density at radius 3 is 2.15 bits per heavy atom. The maximum absolute atomic E-state index is 14.3. The van der Waals surface area contributed by atoms with Crippen LogP contribution in [0.2, 0.25) is 0 Å². The summed E-state index contributed by atoms with van der Waals surface area (Å²) >= 11 is 0. The first-order chi connectivity index (χ1) is 16.2. The summed E-state index contributed by atoms with van der Waals surface area (Å²) < 4.78 is 25.8. The smallest absolute Gasteiger partial charge is 0.258 e. The van der Waals surface area contributed by atoms with Gasteiger partial charge in [-0.05, 0) is 86.2 Å². The highest BCUT2D eigenvalue weighted by Gasteiger charge is 2.30. The Morgan fingerprint density at radius 2 is 1.52 bits per heavy atom. The molecule has 1 aromatic heterocycles. The van der Waals surface area contributed by atoms with Crippen molar-refractivity contribution in [2.75, 3.05) is 13.2 Å². The predicted octanol–water partition coefficient (Wildman–Crippen LogP) is 7.89. The van der Waals surface area contributed by atoms with Crippen LogP contribution < -0.4 is 9.47 Å². The molecule has 0 aliphatic heterocycles. The van der Waals surface area contributed by atoms with Gasteiger partial charge in [-0.15, -0.1) is 0 Å². The molecule has 3 nitrogen and oxygen atoms in total. The number of allylic oxidation sites excluding steroid dienone is 1. The van der Waals surface area contributed by atoms with Crippen LogP contribution in [0.25, 0.3) is 0 Å². The van der Waals surface area contributed by atoms with Gasteiger partial charge in [-0.2, -0.15) is 9.37 Å². The van der Waals surface area contributed by atoms with Crippen molar-refractivity contribution in [1.29, 1.82) is 0 Å². The molecule has 1 unspecified atom stereocenters. The Balaban J connectivity index is 1.02. The molecule has 3 saturated carbocycles. The van der Waals surface area contributed by atoms with E-state index in [4.69, 9.17) is 9.47 Å². The summed E-state index contributed by atoms with van der Waals surface area (Å²) in [4.78, 5) is 3.99. The molecule has 3 fully saturated rings. The van der Waals surface area contributed by atoms with Crippen LogP contribution in [0.1, 0.15) is 96.3 Å². The van der Waals surface area contributed by atoms with Crippen LogP contribution in [0.4, 0.5) is 4.39 Å². The topological polar surface area (TPSA) is 31.4 Å². The minimum absolute atomic E-state index is 0.247. The molecule has 5 rings (SSSR count). The maximum atomic E-state index is 14.3. The Labute approximate surface area is 199 Å². The number of hydrogen-bond donors (Lipinski definition) is 0. The molecule has 1 heterocycles. The monoisotopic (exact) mass is 455 g/mol. The quantitative estimate of drug-likeness (QED) is 0.265. The van der Waals surface area contributed by atoms with Gasteiger partial charge in [0.2, 0.25) is 5.88 Å². The minimum atomic E-state index is -0.559. The highest BCUT2D eigenvalue weighted by molar-refractivity contribution is 5.25. The number of nitrogens with zero attached hydrogens (tertiary/aromatic N) is 1. The van der Waals surface area contributed by atoms with E-state index in [0.717, 1.165) is 30.1 Å². The number of pyridine rings is 1. The number of hydrogen-bond acceptors (Lipinski definition) is 3. The average molecular weight is 456 g/mol. The number of aromatic nitrogens is 1. The summed E-state index contributed by atoms with van der Waals surface area (Å²) in [7, 11) is 0. The van der Waals surface area contributed by atoms with Gasteiger partial charge in [0.25, 0.3) is 5.95 Å². The molecule has 4 heteroatoms. The van der Waals surface area contributed by atoms with Crippen LogP contribution in [0.3, 0.4) is 0 Å². The van der Waals surface area contributed by atoms with E-state index in [0.29, 0.717) is 25.0 Å². The van der Waals surface area contributed by atoms with E-state index in [1.807, 2.05) is 0 Å². The molecule has 0 spiro atoms. The summed E-state index contributed by atoms with van der Waals surface area (Å²) in [5.41, 5.74) is 1.34. The second-order valence-electron chi connectivity index (χ2n) is 11.4. The first-order valence-electron chi connectivity index (χ1n) is 13.8. The molecule has 0 radical (unpaired) electrons. The van der Waals surface area contributed by atoms with Gasteiger partial charge in [0.15, 0.2) is 5.75 Å². The Bertz CT molecular complexity index is 791. The fraction of sp³-hybridized carbons (Fsp3) is 0.759. The fourth-order valence-corrected chi connectivity index (χ4v) is 6.44. The third-order valence-corrected chi connectivity index (χ3v) is 8.93. The lowest BCUT2D eigenvalue weighted by Crippen LogP contribution is -2.24. The van der Waals surface area contributed by atoms with Crippen molar-refractivity contribution in [3.63, 3.8) is 0 Å². The van der Waals surface area contributed by atoms with Crippen molar-refractivity contribution < 1.29 is 13.9 Å². The van der Waals surface area contributed by atoms with Gasteiger partial charge < -0.3 is 9.47 Å². The third kappa shape index (κ3) is 6.73. The normalized spacial score (nSPS) is 28.5. The van der Waals surface area contributed by atoms with E-state index in [1.54, 1.807) is 12.1 Å². The molecule has 4 aliphatic carbocycles. The van der Waals surface area contributed by atoms with E-state index in [-0.39, 0.29) is 5.75 Å². The van der Waals surface area contributed by atoms with Crippen LogP contribution in [0.15, 0.2) is 23.8 Å². The lowest BCUT2D eigenvalue weighted by molar-refractivity contribution is 0.182. The molecule has 1 aromatic rings. The van der Waals surface area contributed by atoms with Gasteiger partial charge in [-0.25, -0.2) is 0 Å². The van der Waals surface area contributed by atoms with Gasteiger partial charge >= 0.3 is 0 Å². The molecule has 0 saturated heterocycles. The molecular weight excluding hydrogens is 413 g/mol. The minimum Gasteiger partial charge on any atom is -0.488 e. The Morgan fingerprint density at radius 1 is 0.788 bits per heavy atom. The molecule has 0 bridgehead atoms. The Hall–Kier alpha value is -1.58. The molecule has 4 aliphatic rings. The van der Waals surface area contributed by atoms with Crippen molar-refractivity contribution in [3.05, 3.63) is 29.7 Å². The summed E-state index contributed by atoms with van der Waals surface area (Å²) in [5.74, 6) is 4.48. The summed E-state index contributed by atoms with van der Waals surface area (Å²) in [6.45, 7) is 1.12. The van der Waals surface area contributed by atoms with Crippen LogP contribution in [-0.4, -0.2) is 18.2 Å². The highest BCUT2D eigenvalue weighted by Crippen LogP contribution is 2.42. The first kappa shape index (κ1) is 23.2. The van der Waals surface area contributed by atoms with Gasteiger partial charge in [0, 0.05) is 6.07 Å². The average Bonchev–Trinajstić information content (AvgIpc) is 3.54. The van der Waals surface area contributed by atoms with Gasteiger partial charge in [-0.3, -0.25) is 0 Å². The molecule has 33 heavy (non-hydrogen) atoms. The van der Waals surface area contributed by atoms with Crippen LogP contribution in [0.5, 0.6) is 11.6 Å². The van der Waals surface area contributed by atoms with Crippen LogP contribution in [0, 0.1) is 35.5 Å². The molecule has 0 aromatic carbocycles. The number of halogens is 1. The van der Waals surface area contributed by atoms with E-state index in [9.17, 15) is 4.39 Å². The lowest BCUT2D eigenvalue weighted by atomic mass is 9.70. The maximum Gasteiger partial charge on any atom is 0.258 e. The van der Waals surface area contributed by atoms with Crippen LogP contribution >= 0.6 is 0 Å². The molecule has 0 amide bonds. The molecule has 1 atom stereocenters. The largest absolute Gasteiger partial charge is 0.488 e. The van der Waals surface area contributed by atoms with E-state index in [1.165, 1.54) is 95.5 Å². The van der Waals surface area contributed by atoms with Gasteiger partial charge in [0.05, 0.1) is 6.61 Å². The van der Waals surface area contributed by atoms with Gasteiger partial charge in [0.1, 0.15) is 6.61 Å². The summed E-state index contributed by atoms with van der Waals surface area (Å²) in [6, 6.07) is 3.40. The van der Waals surface area contributed by atoms with Crippen molar-refractivity contribution >= 4 is 0 Å². The highest BCUT2D eigenvalue weighted by atomic mass is 19.1. The van der Waals surface area contributed by atoms with Crippen molar-refractivity contribution in [3.8, 4) is 11.6 Å². The van der Waals surface area contributed by atoms with Crippen molar-refractivity contribution in [2.45, 2.75) is 96.3 Å². The van der Waals surface area contributed by atoms with Crippen molar-refractivity contribution in [2.24, 2.45) is 29.6 Å². The predicted molar refractivity (Wildman–Crippen MR) is 130 cm³/mol. The summed E-state index contributed by atoms with van der Waals surface area (Å²) in [5, 5.41) is 0. The zero-order chi connectivity index (χ0) is 22.5. The third-order valence-electron chi connectivity index (χ3n) is 8.93. The Kier molecular flexibility index (Phi) is 7.89.